The summed E-state index contributed by atoms with van der Waals surface area (Å²) in [6.07, 6.45) is 0. The molecule has 1 aromatic heterocycles. The monoisotopic (exact) mass is 263 g/mol. The molecule has 0 fully saturated rings. The van der Waals surface area contributed by atoms with E-state index < -0.39 is 5.97 Å². The van der Waals surface area contributed by atoms with E-state index in [2.05, 4.69) is 4.98 Å². The molecular weight excluding hydrogens is 250 g/mol. The summed E-state index contributed by atoms with van der Waals surface area (Å²) in [7, 11) is 0. The van der Waals surface area contributed by atoms with Crippen molar-refractivity contribution in [2.45, 2.75) is 24.5 Å². The standard InChI is InChI=1S/C13H13NO3S/c1-8-9(2)17-12(14-8)7-18-11-6-4-3-5-10(11)13(15)16/h3-6H,7H2,1-2H3,(H,15,16). The Morgan fingerprint density at radius 1 is 1.39 bits per heavy atom. The zero-order valence-electron chi connectivity index (χ0n) is 10.1. The van der Waals surface area contributed by atoms with Crippen LogP contribution >= 0.6 is 11.8 Å². The summed E-state index contributed by atoms with van der Waals surface area (Å²) in [5, 5.41) is 9.06. The first-order valence-corrected chi connectivity index (χ1v) is 6.44. The maximum absolute atomic E-state index is 11.0. The van der Waals surface area contributed by atoms with Gasteiger partial charge in [0.1, 0.15) is 5.76 Å². The zero-order valence-corrected chi connectivity index (χ0v) is 11.0. The lowest BCUT2D eigenvalue weighted by Crippen LogP contribution is -1.98. The van der Waals surface area contributed by atoms with E-state index in [1.54, 1.807) is 18.2 Å². The number of hydrogen-bond donors (Lipinski definition) is 1. The molecule has 1 N–H and O–H groups in total. The van der Waals surface area contributed by atoms with Gasteiger partial charge in [-0.1, -0.05) is 12.1 Å². The number of oxazole rings is 1. The van der Waals surface area contributed by atoms with E-state index in [0.717, 1.165) is 16.3 Å². The van der Waals surface area contributed by atoms with Crippen molar-refractivity contribution < 1.29 is 14.3 Å². The molecule has 4 nitrogen and oxygen atoms in total. The lowest BCUT2D eigenvalue weighted by Gasteiger charge is -2.03. The van der Waals surface area contributed by atoms with Crippen LogP contribution < -0.4 is 0 Å². The van der Waals surface area contributed by atoms with Crippen LogP contribution in [0.15, 0.2) is 33.6 Å². The van der Waals surface area contributed by atoms with Crippen molar-refractivity contribution in [3.05, 3.63) is 47.2 Å². The first-order chi connectivity index (χ1) is 8.58. The van der Waals surface area contributed by atoms with Crippen LogP contribution in [-0.2, 0) is 5.75 Å². The van der Waals surface area contributed by atoms with Crippen LogP contribution in [-0.4, -0.2) is 16.1 Å². The van der Waals surface area contributed by atoms with Gasteiger partial charge in [-0.15, -0.1) is 11.8 Å². The molecule has 0 aliphatic carbocycles. The van der Waals surface area contributed by atoms with E-state index in [9.17, 15) is 4.79 Å². The lowest BCUT2D eigenvalue weighted by molar-refractivity contribution is 0.0693. The molecule has 0 aliphatic rings. The van der Waals surface area contributed by atoms with Crippen molar-refractivity contribution in [1.29, 1.82) is 0 Å². The Balaban J connectivity index is 2.13. The SMILES string of the molecule is Cc1nc(CSc2ccccc2C(=O)O)oc1C. The van der Waals surface area contributed by atoms with Gasteiger partial charge >= 0.3 is 5.97 Å². The van der Waals surface area contributed by atoms with E-state index in [4.69, 9.17) is 9.52 Å². The number of carboxylic acid groups (broad SMARTS) is 1. The Hall–Kier alpha value is -1.75. The average molecular weight is 263 g/mol. The molecule has 0 aliphatic heterocycles. The number of rotatable bonds is 4. The number of benzene rings is 1. The number of carboxylic acids is 1. The summed E-state index contributed by atoms with van der Waals surface area (Å²) in [6.45, 7) is 3.75. The fraction of sp³-hybridized carbons (Fsp3) is 0.231. The molecule has 0 amide bonds. The second kappa shape index (κ2) is 5.27. The fourth-order valence-corrected chi connectivity index (χ4v) is 2.40. The topological polar surface area (TPSA) is 63.3 Å². The Morgan fingerprint density at radius 2 is 2.11 bits per heavy atom. The van der Waals surface area contributed by atoms with Crippen molar-refractivity contribution in [2.24, 2.45) is 0 Å². The number of thioether (sulfide) groups is 1. The third kappa shape index (κ3) is 2.73. The molecule has 0 bridgehead atoms. The van der Waals surface area contributed by atoms with E-state index in [1.807, 2.05) is 19.9 Å². The Kier molecular flexibility index (Phi) is 3.72. The molecule has 2 aromatic rings. The van der Waals surface area contributed by atoms with Crippen molar-refractivity contribution >= 4 is 17.7 Å². The van der Waals surface area contributed by atoms with Crippen LogP contribution in [0.5, 0.6) is 0 Å². The van der Waals surface area contributed by atoms with E-state index in [-0.39, 0.29) is 0 Å². The molecule has 0 saturated carbocycles. The Morgan fingerprint density at radius 3 is 2.72 bits per heavy atom. The summed E-state index contributed by atoms with van der Waals surface area (Å²) in [5.74, 6) is 1.03. The van der Waals surface area contributed by atoms with Crippen molar-refractivity contribution in [3.63, 3.8) is 0 Å². The van der Waals surface area contributed by atoms with E-state index in [1.165, 1.54) is 11.8 Å². The number of aryl methyl sites for hydroxylation is 2. The van der Waals surface area contributed by atoms with Crippen LogP contribution in [0.3, 0.4) is 0 Å². The number of aromatic carboxylic acids is 1. The van der Waals surface area contributed by atoms with Crippen LogP contribution in [0.25, 0.3) is 0 Å². The molecule has 0 radical (unpaired) electrons. The molecule has 94 valence electrons. The van der Waals surface area contributed by atoms with E-state index >= 15 is 0 Å². The molecule has 1 aromatic carbocycles. The third-order valence-electron chi connectivity index (χ3n) is 2.54. The zero-order chi connectivity index (χ0) is 13.1. The lowest BCUT2D eigenvalue weighted by atomic mass is 10.2. The minimum Gasteiger partial charge on any atom is -0.478 e. The molecule has 18 heavy (non-hydrogen) atoms. The number of carbonyl (C=O) groups is 1. The minimum absolute atomic E-state index is 0.308. The predicted molar refractivity (Wildman–Crippen MR) is 68.9 cm³/mol. The first-order valence-electron chi connectivity index (χ1n) is 5.46. The molecule has 0 unspecified atom stereocenters. The van der Waals surface area contributed by atoms with Gasteiger partial charge in [0.05, 0.1) is 17.0 Å². The van der Waals surface area contributed by atoms with Gasteiger partial charge in [-0.3, -0.25) is 0 Å². The predicted octanol–water partition coefficient (Wildman–Crippen LogP) is 3.28. The number of aromatic nitrogens is 1. The summed E-state index contributed by atoms with van der Waals surface area (Å²) in [4.78, 5) is 16.0. The van der Waals surface area contributed by atoms with Gasteiger partial charge < -0.3 is 9.52 Å². The van der Waals surface area contributed by atoms with Crippen molar-refractivity contribution in [2.75, 3.05) is 0 Å². The first kappa shape index (κ1) is 12.7. The molecule has 0 atom stereocenters. The summed E-state index contributed by atoms with van der Waals surface area (Å²) >= 11 is 1.41. The highest BCUT2D eigenvalue weighted by atomic mass is 32.2. The quantitative estimate of drug-likeness (QED) is 0.857. The summed E-state index contributed by atoms with van der Waals surface area (Å²) in [6, 6.07) is 6.92. The smallest absolute Gasteiger partial charge is 0.336 e. The second-order valence-corrected chi connectivity index (χ2v) is 4.86. The van der Waals surface area contributed by atoms with E-state index in [0.29, 0.717) is 17.2 Å². The molecule has 2 rings (SSSR count). The van der Waals surface area contributed by atoms with Gasteiger partial charge in [0.25, 0.3) is 0 Å². The van der Waals surface area contributed by atoms with Crippen molar-refractivity contribution in [1.82, 2.24) is 4.98 Å². The molecule has 0 spiro atoms. The van der Waals surface area contributed by atoms with Crippen molar-refractivity contribution in [3.8, 4) is 0 Å². The third-order valence-corrected chi connectivity index (χ3v) is 3.60. The average Bonchev–Trinajstić information content (AvgIpc) is 2.66. The highest BCUT2D eigenvalue weighted by Gasteiger charge is 2.11. The van der Waals surface area contributed by atoms with Gasteiger partial charge in [0, 0.05) is 4.90 Å². The van der Waals surface area contributed by atoms with Crippen LogP contribution in [0.4, 0.5) is 0 Å². The normalized spacial score (nSPS) is 10.6. The van der Waals surface area contributed by atoms with Gasteiger partial charge in [-0.05, 0) is 26.0 Å². The largest absolute Gasteiger partial charge is 0.478 e. The number of hydrogen-bond acceptors (Lipinski definition) is 4. The second-order valence-electron chi connectivity index (χ2n) is 3.84. The van der Waals surface area contributed by atoms with Gasteiger partial charge in [0.2, 0.25) is 5.89 Å². The maximum atomic E-state index is 11.0. The van der Waals surface area contributed by atoms with Gasteiger partial charge in [-0.25, -0.2) is 9.78 Å². The summed E-state index contributed by atoms with van der Waals surface area (Å²) < 4.78 is 5.46. The van der Waals surface area contributed by atoms with Gasteiger partial charge in [-0.2, -0.15) is 0 Å². The van der Waals surface area contributed by atoms with Crippen LogP contribution in [0.2, 0.25) is 0 Å². The molecule has 5 heteroatoms. The molecule has 1 heterocycles. The van der Waals surface area contributed by atoms with Crippen LogP contribution in [0.1, 0.15) is 27.7 Å². The highest BCUT2D eigenvalue weighted by molar-refractivity contribution is 7.98. The summed E-state index contributed by atoms with van der Waals surface area (Å²) in [5.41, 5.74) is 1.18. The fourth-order valence-electron chi connectivity index (χ4n) is 1.51. The Labute approximate surface area is 109 Å². The molecule has 0 saturated heterocycles. The maximum Gasteiger partial charge on any atom is 0.336 e. The highest BCUT2D eigenvalue weighted by Crippen LogP contribution is 2.26. The van der Waals surface area contributed by atoms with Gasteiger partial charge in [0.15, 0.2) is 0 Å². The van der Waals surface area contributed by atoms with Crippen LogP contribution in [0, 0.1) is 13.8 Å². The Bertz CT molecular complexity index is 558. The number of nitrogens with zero attached hydrogens (tertiary/aromatic N) is 1. The minimum atomic E-state index is -0.919. The molecular formula is C13H13NO3S.